The Labute approximate surface area is 185 Å². The third kappa shape index (κ3) is 12.2. The molecule has 0 aliphatic heterocycles. The molecule has 0 rings (SSSR count). The van der Waals surface area contributed by atoms with Gasteiger partial charge < -0.3 is 37.6 Å². The Bertz CT molecular complexity index is 634. The van der Waals surface area contributed by atoms with Crippen molar-refractivity contribution in [1.29, 1.82) is 0 Å². The third-order valence-corrected chi connectivity index (χ3v) is 4.94. The maximum absolute atomic E-state index is 12.5. The van der Waals surface area contributed by atoms with Crippen molar-refractivity contribution in [3.63, 3.8) is 0 Å². The number of rotatable bonds is 16. The second-order valence-electron chi connectivity index (χ2n) is 6.96. The van der Waals surface area contributed by atoms with Crippen molar-refractivity contribution in [2.24, 2.45) is 11.5 Å². The van der Waals surface area contributed by atoms with Crippen LogP contribution in [-0.4, -0.2) is 82.6 Å². The number of nitrogens with two attached hydrogens (primary N) is 2. The molecular formula is C18H33N5O7S. The Morgan fingerprint density at radius 1 is 0.903 bits per heavy atom. The molecule has 0 fully saturated rings. The molecule has 0 aromatic heterocycles. The van der Waals surface area contributed by atoms with E-state index in [2.05, 4.69) is 16.0 Å². The number of thioether (sulfide) groups is 1. The predicted octanol–water partition coefficient (Wildman–Crippen LogP) is -1.77. The largest absolute Gasteiger partial charge is 0.481 e. The number of carbonyl (C=O) groups excluding carboxylic acids is 3. The van der Waals surface area contributed by atoms with Gasteiger partial charge in [-0.05, 0) is 51.2 Å². The molecule has 0 radical (unpaired) electrons. The molecule has 0 aromatic carbocycles. The lowest BCUT2D eigenvalue weighted by molar-refractivity contribution is -0.143. The van der Waals surface area contributed by atoms with Crippen LogP contribution in [0.1, 0.15) is 39.0 Å². The second kappa shape index (κ2) is 15.4. The van der Waals surface area contributed by atoms with Crippen LogP contribution < -0.4 is 27.4 Å². The summed E-state index contributed by atoms with van der Waals surface area (Å²) in [6, 6.07) is -4.67. The standard InChI is InChI=1S/C18H33N5O7S/c1-10(15(26)22-12(18(29)30)5-3-4-7-19)21-17(28)13(9-14(24)25)23-16(27)11(20)6-8-31-2/h10-13H,3-9,19-20H2,1-2H3,(H,21,28)(H,22,26)(H,23,27)(H,24,25)(H,29,30). The topological polar surface area (TPSA) is 214 Å². The van der Waals surface area contributed by atoms with E-state index >= 15 is 0 Å². The molecule has 31 heavy (non-hydrogen) atoms. The zero-order chi connectivity index (χ0) is 24.0. The molecule has 0 saturated carbocycles. The predicted molar refractivity (Wildman–Crippen MR) is 115 cm³/mol. The van der Waals surface area contributed by atoms with Gasteiger partial charge in [-0.1, -0.05) is 0 Å². The molecule has 0 spiro atoms. The van der Waals surface area contributed by atoms with E-state index in [9.17, 15) is 29.1 Å². The number of nitrogens with one attached hydrogen (secondary N) is 3. The van der Waals surface area contributed by atoms with E-state index in [1.807, 2.05) is 6.26 Å². The van der Waals surface area contributed by atoms with Gasteiger partial charge in [-0.2, -0.15) is 11.8 Å². The van der Waals surface area contributed by atoms with Crippen LogP contribution in [0, 0.1) is 0 Å². The van der Waals surface area contributed by atoms with Crippen LogP contribution in [-0.2, 0) is 24.0 Å². The fourth-order valence-corrected chi connectivity index (χ4v) is 2.95. The number of carboxylic acid groups (broad SMARTS) is 2. The van der Waals surface area contributed by atoms with Crippen molar-refractivity contribution in [1.82, 2.24) is 16.0 Å². The Morgan fingerprint density at radius 2 is 1.52 bits per heavy atom. The maximum Gasteiger partial charge on any atom is 0.326 e. The average Bonchev–Trinajstić information content (AvgIpc) is 2.69. The Hall–Kier alpha value is -2.38. The number of unbranched alkanes of at least 4 members (excludes halogenated alkanes) is 1. The highest BCUT2D eigenvalue weighted by Crippen LogP contribution is 2.03. The van der Waals surface area contributed by atoms with E-state index in [0.717, 1.165) is 0 Å². The molecule has 0 heterocycles. The molecule has 3 amide bonds. The van der Waals surface area contributed by atoms with E-state index in [1.54, 1.807) is 0 Å². The summed E-state index contributed by atoms with van der Waals surface area (Å²) in [5, 5.41) is 25.2. The van der Waals surface area contributed by atoms with E-state index in [4.69, 9.17) is 16.6 Å². The fraction of sp³-hybridized carbons (Fsp3) is 0.722. The quantitative estimate of drug-likeness (QED) is 0.128. The highest BCUT2D eigenvalue weighted by molar-refractivity contribution is 7.98. The van der Waals surface area contributed by atoms with Crippen molar-refractivity contribution < 1.29 is 34.2 Å². The van der Waals surface area contributed by atoms with Gasteiger partial charge in [0.15, 0.2) is 0 Å². The summed E-state index contributed by atoms with van der Waals surface area (Å²) in [7, 11) is 0. The van der Waals surface area contributed by atoms with E-state index in [0.29, 0.717) is 31.6 Å². The highest BCUT2D eigenvalue weighted by atomic mass is 32.2. The first-order chi connectivity index (χ1) is 14.5. The summed E-state index contributed by atoms with van der Waals surface area (Å²) in [5.41, 5.74) is 11.1. The highest BCUT2D eigenvalue weighted by Gasteiger charge is 2.29. The van der Waals surface area contributed by atoms with Crippen LogP contribution in [0.4, 0.5) is 0 Å². The minimum absolute atomic E-state index is 0.171. The van der Waals surface area contributed by atoms with Crippen LogP contribution in [0.5, 0.6) is 0 Å². The molecule has 9 N–H and O–H groups in total. The molecule has 4 atom stereocenters. The van der Waals surface area contributed by atoms with Crippen molar-refractivity contribution in [2.45, 2.75) is 63.2 Å². The van der Waals surface area contributed by atoms with Gasteiger partial charge in [0.2, 0.25) is 17.7 Å². The lowest BCUT2D eigenvalue weighted by Gasteiger charge is -2.22. The minimum Gasteiger partial charge on any atom is -0.481 e. The zero-order valence-electron chi connectivity index (χ0n) is 17.8. The molecule has 13 heteroatoms. The molecule has 0 aromatic rings. The number of amides is 3. The summed E-state index contributed by atoms with van der Waals surface area (Å²) in [6.07, 6.45) is 2.74. The molecule has 0 aliphatic carbocycles. The molecule has 0 aliphatic rings. The van der Waals surface area contributed by atoms with E-state index in [1.165, 1.54) is 18.7 Å². The number of hydrogen-bond donors (Lipinski definition) is 7. The summed E-state index contributed by atoms with van der Waals surface area (Å²) in [5.74, 6) is -4.29. The van der Waals surface area contributed by atoms with Crippen LogP contribution in [0.25, 0.3) is 0 Å². The van der Waals surface area contributed by atoms with Gasteiger partial charge >= 0.3 is 11.9 Å². The Kier molecular flexibility index (Phi) is 14.2. The molecule has 178 valence electrons. The van der Waals surface area contributed by atoms with Crippen LogP contribution in [0.3, 0.4) is 0 Å². The summed E-state index contributed by atoms with van der Waals surface area (Å²) in [6.45, 7) is 1.71. The van der Waals surface area contributed by atoms with Gasteiger partial charge in [0.05, 0.1) is 12.5 Å². The van der Waals surface area contributed by atoms with Crippen molar-refractivity contribution in [3.05, 3.63) is 0 Å². The van der Waals surface area contributed by atoms with Crippen molar-refractivity contribution in [3.8, 4) is 0 Å². The van der Waals surface area contributed by atoms with Gasteiger partial charge in [0.25, 0.3) is 0 Å². The molecule has 0 saturated heterocycles. The second-order valence-corrected chi connectivity index (χ2v) is 7.95. The lowest BCUT2D eigenvalue weighted by Crippen LogP contribution is -2.56. The Balaban J connectivity index is 4.98. The SMILES string of the molecule is CSCCC(N)C(=O)NC(CC(=O)O)C(=O)NC(C)C(=O)NC(CCCCN)C(=O)O. The number of carboxylic acids is 2. The first-order valence-electron chi connectivity index (χ1n) is 9.83. The first-order valence-corrected chi connectivity index (χ1v) is 11.2. The Morgan fingerprint density at radius 3 is 2.03 bits per heavy atom. The number of aliphatic carboxylic acids is 2. The number of hydrogen-bond acceptors (Lipinski definition) is 8. The van der Waals surface area contributed by atoms with Crippen LogP contribution in [0.15, 0.2) is 0 Å². The van der Waals surface area contributed by atoms with Gasteiger partial charge in [0, 0.05) is 0 Å². The normalized spacial score (nSPS) is 14.6. The average molecular weight is 464 g/mol. The van der Waals surface area contributed by atoms with Gasteiger partial charge in [-0.25, -0.2) is 4.79 Å². The first kappa shape index (κ1) is 28.6. The lowest BCUT2D eigenvalue weighted by atomic mass is 10.1. The zero-order valence-corrected chi connectivity index (χ0v) is 18.6. The summed E-state index contributed by atoms with van der Waals surface area (Å²) < 4.78 is 0. The summed E-state index contributed by atoms with van der Waals surface area (Å²) in [4.78, 5) is 59.3. The molecule has 4 unspecified atom stereocenters. The molecule has 0 bridgehead atoms. The smallest absolute Gasteiger partial charge is 0.326 e. The third-order valence-electron chi connectivity index (χ3n) is 4.30. The van der Waals surface area contributed by atoms with Crippen LogP contribution in [0.2, 0.25) is 0 Å². The van der Waals surface area contributed by atoms with E-state index in [-0.39, 0.29) is 6.42 Å². The number of carbonyl (C=O) groups is 5. The van der Waals surface area contributed by atoms with Gasteiger partial charge in [-0.15, -0.1) is 0 Å². The fourth-order valence-electron chi connectivity index (χ4n) is 2.46. The molecule has 12 nitrogen and oxygen atoms in total. The maximum atomic E-state index is 12.5. The van der Waals surface area contributed by atoms with Crippen molar-refractivity contribution >= 4 is 41.4 Å². The van der Waals surface area contributed by atoms with Crippen molar-refractivity contribution in [2.75, 3.05) is 18.6 Å². The van der Waals surface area contributed by atoms with Gasteiger partial charge in [-0.3, -0.25) is 19.2 Å². The van der Waals surface area contributed by atoms with Gasteiger partial charge in [0.1, 0.15) is 18.1 Å². The molecular weight excluding hydrogens is 430 g/mol. The summed E-state index contributed by atoms with van der Waals surface area (Å²) >= 11 is 1.48. The van der Waals surface area contributed by atoms with Crippen LogP contribution >= 0.6 is 11.8 Å². The monoisotopic (exact) mass is 463 g/mol. The minimum atomic E-state index is -1.44. The van der Waals surface area contributed by atoms with E-state index < -0.39 is 60.2 Å².